The zero-order chi connectivity index (χ0) is 17.4. The molecule has 3 nitrogen and oxygen atoms in total. The van der Waals surface area contributed by atoms with Gasteiger partial charge in [-0.25, -0.2) is 0 Å². The van der Waals surface area contributed by atoms with Gasteiger partial charge in [0.05, 0.1) is 11.7 Å². The third-order valence-electron chi connectivity index (χ3n) is 9.42. The lowest BCUT2D eigenvalue weighted by Crippen LogP contribution is -2.56. The Hall–Kier alpha value is -0.380. The lowest BCUT2D eigenvalue weighted by molar-refractivity contribution is -0.128. The topological polar surface area (TPSA) is 43.5 Å². The summed E-state index contributed by atoms with van der Waals surface area (Å²) in [6.45, 7) is 8.17. The highest BCUT2D eigenvalue weighted by Gasteiger charge is 2.64. The molecule has 7 atom stereocenters. The Morgan fingerprint density at radius 3 is 2.60 bits per heavy atom. The summed E-state index contributed by atoms with van der Waals surface area (Å²) >= 11 is 0. The Balaban J connectivity index is 1.45. The van der Waals surface area contributed by atoms with Gasteiger partial charge in [-0.05, 0) is 74.5 Å². The highest BCUT2D eigenvalue weighted by atomic mass is 16.3. The van der Waals surface area contributed by atoms with Crippen molar-refractivity contribution in [3.8, 4) is 0 Å². The third-order valence-corrected chi connectivity index (χ3v) is 9.42. The molecule has 0 aromatic rings. The molecule has 1 saturated heterocycles. The summed E-state index contributed by atoms with van der Waals surface area (Å²) in [6, 6.07) is 0. The van der Waals surface area contributed by atoms with E-state index in [0.29, 0.717) is 11.3 Å². The van der Waals surface area contributed by atoms with Gasteiger partial charge in [-0.15, -0.1) is 0 Å². The standard InChI is InChI=1S/C22H35NO2/c1-20-8-5-16(24)13-15(20)3-4-17-18(20)6-9-21(2)19(17)7-10-22(21,25)14-23-11-12-23/h3,16-19,24-25H,4-14H2,1-2H3/t16-,17+,18-,19-,20-,21-,22-/m0/s1. The van der Waals surface area contributed by atoms with Crippen LogP contribution in [-0.4, -0.2) is 46.5 Å². The van der Waals surface area contributed by atoms with Crippen molar-refractivity contribution in [1.29, 1.82) is 0 Å². The number of aliphatic hydroxyl groups is 2. The Morgan fingerprint density at radius 2 is 1.84 bits per heavy atom. The lowest BCUT2D eigenvalue weighted by atomic mass is 9.47. The first-order chi connectivity index (χ1) is 11.9. The molecule has 0 unspecified atom stereocenters. The van der Waals surface area contributed by atoms with Crippen LogP contribution in [0.2, 0.25) is 0 Å². The summed E-state index contributed by atoms with van der Waals surface area (Å²) < 4.78 is 0. The molecule has 0 bridgehead atoms. The largest absolute Gasteiger partial charge is 0.393 e. The number of hydrogen-bond acceptors (Lipinski definition) is 3. The summed E-state index contributed by atoms with van der Waals surface area (Å²) in [5.74, 6) is 2.19. The molecule has 25 heavy (non-hydrogen) atoms. The van der Waals surface area contributed by atoms with E-state index in [9.17, 15) is 10.2 Å². The Bertz CT molecular complexity index is 599. The monoisotopic (exact) mass is 345 g/mol. The molecule has 1 aliphatic heterocycles. The van der Waals surface area contributed by atoms with Crippen molar-refractivity contribution >= 4 is 0 Å². The first-order valence-corrected chi connectivity index (χ1v) is 10.7. The predicted molar refractivity (Wildman–Crippen MR) is 99.1 cm³/mol. The molecule has 0 amide bonds. The van der Waals surface area contributed by atoms with Gasteiger partial charge in [0, 0.05) is 25.0 Å². The van der Waals surface area contributed by atoms with E-state index in [2.05, 4.69) is 24.8 Å². The van der Waals surface area contributed by atoms with Crippen LogP contribution in [-0.2, 0) is 0 Å². The zero-order valence-corrected chi connectivity index (χ0v) is 16.0. The van der Waals surface area contributed by atoms with Crippen LogP contribution in [0.1, 0.15) is 65.2 Å². The highest BCUT2D eigenvalue weighted by molar-refractivity contribution is 5.26. The van der Waals surface area contributed by atoms with Crippen molar-refractivity contribution in [3.05, 3.63) is 11.6 Å². The number of β-amino-alcohol motifs (C(OH)–C–C–N with tert-alkyl or cyclic N) is 1. The van der Waals surface area contributed by atoms with E-state index in [1.807, 2.05) is 0 Å². The molecule has 1 heterocycles. The van der Waals surface area contributed by atoms with Crippen molar-refractivity contribution in [2.45, 2.75) is 76.9 Å². The molecule has 4 fully saturated rings. The van der Waals surface area contributed by atoms with Gasteiger partial charge in [0.2, 0.25) is 0 Å². The number of allylic oxidation sites excluding steroid dienone is 1. The smallest absolute Gasteiger partial charge is 0.0830 e. The average molecular weight is 346 g/mol. The second kappa shape index (κ2) is 5.33. The summed E-state index contributed by atoms with van der Waals surface area (Å²) in [7, 11) is 0. The van der Waals surface area contributed by atoms with Gasteiger partial charge in [-0.2, -0.15) is 0 Å². The Labute approximate surface area is 152 Å². The van der Waals surface area contributed by atoms with Crippen LogP contribution in [0.5, 0.6) is 0 Å². The maximum atomic E-state index is 11.6. The number of nitrogens with zero attached hydrogens (tertiary/aromatic N) is 1. The quantitative estimate of drug-likeness (QED) is 0.596. The van der Waals surface area contributed by atoms with Gasteiger partial charge in [-0.3, -0.25) is 4.90 Å². The molecule has 2 N–H and O–H groups in total. The van der Waals surface area contributed by atoms with Crippen molar-refractivity contribution in [2.24, 2.45) is 28.6 Å². The number of fused-ring (bicyclic) bond motifs is 5. The molecule has 5 aliphatic rings. The first-order valence-electron chi connectivity index (χ1n) is 10.7. The molecule has 5 rings (SSSR count). The van der Waals surface area contributed by atoms with E-state index >= 15 is 0 Å². The second-order valence-electron chi connectivity index (χ2n) is 10.5. The van der Waals surface area contributed by atoms with E-state index in [0.717, 1.165) is 44.1 Å². The molecule has 0 aromatic carbocycles. The molecule has 0 spiro atoms. The van der Waals surface area contributed by atoms with Crippen LogP contribution < -0.4 is 0 Å². The number of aliphatic hydroxyl groups excluding tert-OH is 1. The van der Waals surface area contributed by atoms with E-state index in [4.69, 9.17) is 0 Å². The molecule has 0 aromatic heterocycles. The van der Waals surface area contributed by atoms with Crippen LogP contribution in [0.25, 0.3) is 0 Å². The minimum absolute atomic E-state index is 0.104. The van der Waals surface area contributed by atoms with E-state index in [1.165, 1.54) is 38.8 Å². The zero-order valence-electron chi connectivity index (χ0n) is 16.0. The molecule has 140 valence electrons. The van der Waals surface area contributed by atoms with Gasteiger partial charge in [0.25, 0.3) is 0 Å². The summed E-state index contributed by atoms with van der Waals surface area (Å²) in [5.41, 5.74) is 1.50. The second-order valence-corrected chi connectivity index (χ2v) is 10.5. The number of hydrogen-bond donors (Lipinski definition) is 2. The minimum atomic E-state index is -0.465. The van der Waals surface area contributed by atoms with Crippen LogP contribution in [0.15, 0.2) is 11.6 Å². The fourth-order valence-electron chi connectivity index (χ4n) is 7.61. The number of rotatable bonds is 2. The fourth-order valence-corrected chi connectivity index (χ4v) is 7.61. The van der Waals surface area contributed by atoms with E-state index in [1.54, 1.807) is 5.57 Å². The minimum Gasteiger partial charge on any atom is -0.393 e. The first kappa shape index (κ1) is 16.8. The molecular formula is C22H35NO2. The van der Waals surface area contributed by atoms with Gasteiger partial charge in [-0.1, -0.05) is 25.5 Å². The summed E-state index contributed by atoms with van der Waals surface area (Å²) in [5, 5.41) is 21.7. The third kappa shape index (κ3) is 2.28. The van der Waals surface area contributed by atoms with Gasteiger partial charge >= 0.3 is 0 Å². The predicted octanol–water partition coefficient (Wildman–Crippen LogP) is 3.36. The Morgan fingerprint density at radius 1 is 1.08 bits per heavy atom. The van der Waals surface area contributed by atoms with Crippen LogP contribution in [0, 0.1) is 28.6 Å². The van der Waals surface area contributed by atoms with E-state index < -0.39 is 5.60 Å². The average Bonchev–Trinajstić information content (AvgIpc) is 3.33. The SMILES string of the molecule is C[C@]12CC[C@H](O)CC1=CC[C@@H]1[C@@H]2CC[C@@]2(C)[C@H]1CC[C@]2(O)CN1CC1. The Kier molecular flexibility index (Phi) is 3.57. The summed E-state index contributed by atoms with van der Waals surface area (Å²) in [6.07, 6.45) is 11.3. The van der Waals surface area contributed by atoms with Gasteiger partial charge < -0.3 is 10.2 Å². The molecule has 3 saturated carbocycles. The van der Waals surface area contributed by atoms with Crippen molar-refractivity contribution in [1.82, 2.24) is 4.90 Å². The van der Waals surface area contributed by atoms with Gasteiger partial charge in [0.15, 0.2) is 0 Å². The van der Waals surface area contributed by atoms with Gasteiger partial charge in [0.1, 0.15) is 0 Å². The van der Waals surface area contributed by atoms with Crippen molar-refractivity contribution in [3.63, 3.8) is 0 Å². The molecule has 3 heteroatoms. The van der Waals surface area contributed by atoms with Crippen LogP contribution in [0.3, 0.4) is 0 Å². The summed E-state index contributed by atoms with van der Waals surface area (Å²) in [4.78, 5) is 2.42. The normalized spacial score (nSPS) is 55.1. The lowest BCUT2D eigenvalue weighted by Gasteiger charge is -2.59. The van der Waals surface area contributed by atoms with E-state index in [-0.39, 0.29) is 11.5 Å². The molecular weight excluding hydrogens is 310 g/mol. The highest BCUT2D eigenvalue weighted by Crippen LogP contribution is 2.67. The maximum absolute atomic E-state index is 11.6. The molecule has 4 aliphatic carbocycles. The van der Waals surface area contributed by atoms with Crippen LogP contribution in [0.4, 0.5) is 0 Å². The van der Waals surface area contributed by atoms with Crippen LogP contribution >= 0.6 is 0 Å². The maximum Gasteiger partial charge on any atom is 0.0830 e. The van der Waals surface area contributed by atoms with Crippen molar-refractivity contribution in [2.75, 3.05) is 19.6 Å². The molecule has 0 radical (unpaired) electrons. The van der Waals surface area contributed by atoms with Crippen molar-refractivity contribution < 1.29 is 10.2 Å². The fraction of sp³-hybridized carbons (Fsp3) is 0.909.